The van der Waals surface area contributed by atoms with Crippen molar-refractivity contribution in [1.82, 2.24) is 14.8 Å². The molecule has 2 aromatic heterocycles. The van der Waals surface area contributed by atoms with Crippen LogP contribution >= 0.6 is 0 Å². The van der Waals surface area contributed by atoms with E-state index < -0.39 is 17.8 Å². The monoisotopic (exact) mass is 416 g/mol. The van der Waals surface area contributed by atoms with Crippen LogP contribution in [0.4, 0.5) is 19.0 Å². The topological polar surface area (TPSA) is 59.8 Å². The second-order valence-electron chi connectivity index (χ2n) is 7.91. The summed E-state index contributed by atoms with van der Waals surface area (Å²) in [6.45, 7) is 3.56. The lowest BCUT2D eigenvalue weighted by molar-refractivity contribution is -0.137. The zero-order valence-corrected chi connectivity index (χ0v) is 16.8. The van der Waals surface area contributed by atoms with Crippen molar-refractivity contribution in [2.24, 2.45) is 0 Å². The van der Waals surface area contributed by atoms with E-state index >= 15 is 0 Å². The highest BCUT2D eigenvalue weighted by atomic mass is 19.4. The molecule has 0 unspecified atom stereocenters. The van der Waals surface area contributed by atoms with Gasteiger partial charge in [-0.1, -0.05) is 25.0 Å². The van der Waals surface area contributed by atoms with Crippen LogP contribution in [0.2, 0.25) is 0 Å². The van der Waals surface area contributed by atoms with Crippen LogP contribution in [0, 0.1) is 6.92 Å². The van der Waals surface area contributed by atoms with E-state index in [0.717, 1.165) is 43.2 Å². The molecule has 0 spiro atoms. The molecule has 3 aromatic rings. The molecule has 1 aromatic carbocycles. The Balaban J connectivity index is 1.73. The highest BCUT2D eigenvalue weighted by Gasteiger charge is 2.30. The van der Waals surface area contributed by atoms with Crippen molar-refractivity contribution >= 4 is 16.6 Å². The summed E-state index contributed by atoms with van der Waals surface area (Å²) in [6.07, 6.45) is 1.54. The number of nitrogens with one attached hydrogen (secondary N) is 1. The molecular weight excluding hydrogens is 393 g/mol. The Hall–Kier alpha value is -2.90. The molecule has 158 valence electrons. The van der Waals surface area contributed by atoms with E-state index in [0.29, 0.717) is 22.5 Å². The Morgan fingerprint density at radius 2 is 1.87 bits per heavy atom. The standard InChI is InChI=1S/C22H23F3N4O/c1-13(15-6-5-7-16(10-15)22(23,24)25)26-21-19-12-29(17-8-3-4-9-17)20(30)11-18(19)14(2)27-28-21/h5-7,10-13,17H,3-4,8-9H2,1-2H3,(H,26,28)/t13-/m1/s1. The van der Waals surface area contributed by atoms with Gasteiger partial charge in [0.2, 0.25) is 0 Å². The SMILES string of the molecule is Cc1nnc(N[C@H](C)c2cccc(C(F)(F)F)c2)c2cn(C3CCCC3)c(=O)cc12. The summed E-state index contributed by atoms with van der Waals surface area (Å²) in [5.41, 5.74) is 0.369. The molecule has 1 aliphatic carbocycles. The molecule has 1 aliphatic rings. The lowest BCUT2D eigenvalue weighted by Gasteiger charge is -2.19. The molecular formula is C22H23F3N4O. The van der Waals surface area contributed by atoms with E-state index in [4.69, 9.17) is 0 Å². The normalized spacial score (nSPS) is 16.2. The van der Waals surface area contributed by atoms with Gasteiger partial charge in [-0.3, -0.25) is 4.79 Å². The van der Waals surface area contributed by atoms with Crippen molar-refractivity contribution in [3.05, 3.63) is 63.7 Å². The van der Waals surface area contributed by atoms with E-state index in [2.05, 4.69) is 15.5 Å². The Morgan fingerprint density at radius 3 is 2.57 bits per heavy atom. The average molecular weight is 416 g/mol. The van der Waals surface area contributed by atoms with E-state index in [1.165, 1.54) is 6.07 Å². The maximum Gasteiger partial charge on any atom is 0.416 e. The highest BCUT2D eigenvalue weighted by molar-refractivity contribution is 5.92. The molecule has 1 atom stereocenters. The molecule has 8 heteroatoms. The number of hydrogen-bond acceptors (Lipinski definition) is 4. The summed E-state index contributed by atoms with van der Waals surface area (Å²) >= 11 is 0. The Kier molecular flexibility index (Phi) is 5.26. The number of hydrogen-bond donors (Lipinski definition) is 1. The van der Waals surface area contributed by atoms with Gasteiger partial charge in [-0.15, -0.1) is 5.10 Å². The quantitative estimate of drug-likeness (QED) is 0.618. The zero-order valence-electron chi connectivity index (χ0n) is 16.8. The average Bonchev–Trinajstić information content (AvgIpc) is 3.24. The number of rotatable bonds is 4. The maximum atomic E-state index is 13.1. The minimum Gasteiger partial charge on any atom is -0.361 e. The molecule has 0 radical (unpaired) electrons. The predicted octanol–water partition coefficient (Wildman–Crippen LogP) is 5.41. The molecule has 0 amide bonds. The molecule has 4 rings (SSSR count). The van der Waals surface area contributed by atoms with E-state index in [9.17, 15) is 18.0 Å². The van der Waals surface area contributed by atoms with Gasteiger partial charge in [-0.2, -0.15) is 18.3 Å². The first-order chi connectivity index (χ1) is 14.2. The van der Waals surface area contributed by atoms with Gasteiger partial charge in [0.05, 0.1) is 17.3 Å². The van der Waals surface area contributed by atoms with Crippen molar-refractivity contribution in [1.29, 1.82) is 0 Å². The minimum atomic E-state index is -4.40. The fourth-order valence-electron chi connectivity index (χ4n) is 4.12. The number of aryl methyl sites for hydroxylation is 1. The van der Waals surface area contributed by atoms with Crippen molar-refractivity contribution in [3.63, 3.8) is 0 Å². The Bertz CT molecular complexity index is 1130. The van der Waals surface area contributed by atoms with Crippen LogP contribution < -0.4 is 10.9 Å². The number of halogens is 3. The third-order valence-corrected chi connectivity index (χ3v) is 5.81. The third kappa shape index (κ3) is 3.91. The molecule has 1 fully saturated rings. The van der Waals surface area contributed by atoms with E-state index in [1.807, 2.05) is 6.20 Å². The third-order valence-electron chi connectivity index (χ3n) is 5.81. The second-order valence-corrected chi connectivity index (χ2v) is 7.91. The van der Waals surface area contributed by atoms with Gasteiger partial charge in [0.15, 0.2) is 5.82 Å². The summed E-state index contributed by atoms with van der Waals surface area (Å²) in [5.74, 6) is 0.451. The summed E-state index contributed by atoms with van der Waals surface area (Å²) in [4.78, 5) is 12.6. The van der Waals surface area contributed by atoms with Crippen LogP contribution in [-0.4, -0.2) is 14.8 Å². The van der Waals surface area contributed by atoms with E-state index in [-0.39, 0.29) is 11.6 Å². The molecule has 1 N–H and O–H groups in total. The van der Waals surface area contributed by atoms with Crippen LogP contribution in [0.5, 0.6) is 0 Å². The Morgan fingerprint density at radius 1 is 1.13 bits per heavy atom. The van der Waals surface area contributed by atoms with Crippen LogP contribution in [0.3, 0.4) is 0 Å². The van der Waals surface area contributed by atoms with Crippen LogP contribution in [-0.2, 0) is 6.18 Å². The molecule has 0 saturated heterocycles. The number of nitrogens with zero attached hydrogens (tertiary/aromatic N) is 3. The van der Waals surface area contributed by atoms with Crippen LogP contribution in [0.25, 0.3) is 10.8 Å². The second kappa shape index (κ2) is 7.74. The lowest BCUT2D eigenvalue weighted by atomic mass is 10.0. The molecule has 0 aliphatic heterocycles. The van der Waals surface area contributed by atoms with Gasteiger partial charge < -0.3 is 9.88 Å². The van der Waals surface area contributed by atoms with Crippen LogP contribution in [0.15, 0.2) is 41.3 Å². The summed E-state index contributed by atoms with van der Waals surface area (Å²) in [5, 5.41) is 13.0. The van der Waals surface area contributed by atoms with Crippen LogP contribution in [0.1, 0.15) is 61.5 Å². The predicted molar refractivity (Wildman–Crippen MR) is 110 cm³/mol. The van der Waals surface area contributed by atoms with Crippen molar-refractivity contribution in [3.8, 4) is 0 Å². The largest absolute Gasteiger partial charge is 0.416 e. The van der Waals surface area contributed by atoms with Crippen molar-refractivity contribution < 1.29 is 13.2 Å². The fourth-order valence-corrected chi connectivity index (χ4v) is 4.12. The number of aromatic nitrogens is 3. The summed E-state index contributed by atoms with van der Waals surface area (Å²) in [6, 6.07) is 6.55. The zero-order chi connectivity index (χ0) is 21.5. The first kappa shape index (κ1) is 20.4. The maximum absolute atomic E-state index is 13.1. The highest BCUT2D eigenvalue weighted by Crippen LogP contribution is 2.33. The summed E-state index contributed by atoms with van der Waals surface area (Å²) < 4.78 is 41.0. The van der Waals surface area contributed by atoms with Gasteiger partial charge in [-0.05, 0) is 44.4 Å². The van der Waals surface area contributed by atoms with Gasteiger partial charge in [0, 0.05) is 29.1 Å². The van der Waals surface area contributed by atoms with Gasteiger partial charge in [0.25, 0.3) is 5.56 Å². The first-order valence-corrected chi connectivity index (χ1v) is 10.1. The lowest BCUT2D eigenvalue weighted by Crippen LogP contribution is -2.22. The summed E-state index contributed by atoms with van der Waals surface area (Å²) in [7, 11) is 0. The number of alkyl halides is 3. The fraction of sp³-hybridized carbons (Fsp3) is 0.409. The Labute approximate surface area is 171 Å². The smallest absolute Gasteiger partial charge is 0.361 e. The van der Waals surface area contributed by atoms with Gasteiger partial charge in [0.1, 0.15) is 0 Å². The van der Waals surface area contributed by atoms with Gasteiger partial charge >= 0.3 is 6.18 Å². The minimum absolute atomic E-state index is 0.0672. The van der Waals surface area contributed by atoms with Crippen molar-refractivity contribution in [2.75, 3.05) is 5.32 Å². The van der Waals surface area contributed by atoms with Crippen molar-refractivity contribution in [2.45, 2.75) is 57.8 Å². The first-order valence-electron chi connectivity index (χ1n) is 10.1. The molecule has 0 bridgehead atoms. The molecule has 30 heavy (non-hydrogen) atoms. The van der Waals surface area contributed by atoms with Gasteiger partial charge in [-0.25, -0.2) is 0 Å². The number of benzene rings is 1. The molecule has 1 saturated carbocycles. The number of anilines is 1. The number of fused-ring (bicyclic) bond motifs is 1. The number of pyridine rings is 1. The molecule has 5 nitrogen and oxygen atoms in total. The molecule has 2 heterocycles. The van der Waals surface area contributed by atoms with E-state index in [1.54, 1.807) is 30.5 Å².